The Morgan fingerprint density at radius 2 is 2.10 bits per heavy atom. The predicted octanol–water partition coefficient (Wildman–Crippen LogP) is 3.80. The van der Waals surface area contributed by atoms with Gasteiger partial charge in [0, 0.05) is 24.2 Å². The SMILES string of the molecule is CCCCOCCCNC(=O)C1(c2cccc(Br)c2)CC1. The summed E-state index contributed by atoms with van der Waals surface area (Å²) in [6.45, 7) is 4.40. The van der Waals surface area contributed by atoms with Gasteiger partial charge in [-0.25, -0.2) is 0 Å². The summed E-state index contributed by atoms with van der Waals surface area (Å²) in [7, 11) is 0. The van der Waals surface area contributed by atoms with Crippen LogP contribution in [-0.2, 0) is 14.9 Å². The Labute approximate surface area is 135 Å². The third-order valence-corrected chi connectivity index (χ3v) is 4.45. The highest BCUT2D eigenvalue weighted by Crippen LogP contribution is 2.48. The van der Waals surface area contributed by atoms with Gasteiger partial charge in [-0.15, -0.1) is 0 Å². The van der Waals surface area contributed by atoms with Crippen LogP contribution in [0.3, 0.4) is 0 Å². The lowest BCUT2D eigenvalue weighted by Gasteiger charge is -2.16. The zero-order valence-electron chi connectivity index (χ0n) is 12.7. The molecule has 1 aliphatic carbocycles. The molecule has 21 heavy (non-hydrogen) atoms. The topological polar surface area (TPSA) is 38.3 Å². The van der Waals surface area contributed by atoms with Crippen LogP contribution >= 0.6 is 15.9 Å². The molecule has 1 aliphatic rings. The van der Waals surface area contributed by atoms with Gasteiger partial charge in [-0.2, -0.15) is 0 Å². The van der Waals surface area contributed by atoms with E-state index in [2.05, 4.69) is 34.2 Å². The van der Waals surface area contributed by atoms with E-state index < -0.39 is 0 Å². The number of unbranched alkanes of at least 4 members (excludes halogenated alkanes) is 1. The molecule has 0 aliphatic heterocycles. The maximum atomic E-state index is 12.4. The Morgan fingerprint density at radius 3 is 2.76 bits per heavy atom. The minimum absolute atomic E-state index is 0.161. The van der Waals surface area contributed by atoms with Gasteiger partial charge in [-0.3, -0.25) is 4.79 Å². The quantitative estimate of drug-likeness (QED) is 0.685. The Morgan fingerprint density at radius 1 is 1.33 bits per heavy atom. The molecule has 0 aromatic heterocycles. The largest absolute Gasteiger partial charge is 0.381 e. The van der Waals surface area contributed by atoms with E-state index in [1.807, 2.05) is 18.2 Å². The number of halogens is 1. The summed E-state index contributed by atoms with van der Waals surface area (Å²) in [6.07, 6.45) is 5.04. The van der Waals surface area contributed by atoms with Crippen molar-refractivity contribution in [3.05, 3.63) is 34.3 Å². The van der Waals surface area contributed by atoms with E-state index in [1.165, 1.54) is 0 Å². The molecular weight excluding hydrogens is 330 g/mol. The number of ether oxygens (including phenoxy) is 1. The molecule has 0 heterocycles. The van der Waals surface area contributed by atoms with Crippen molar-refractivity contribution in [3.8, 4) is 0 Å². The van der Waals surface area contributed by atoms with Crippen molar-refractivity contribution in [3.63, 3.8) is 0 Å². The molecule has 4 heteroatoms. The summed E-state index contributed by atoms with van der Waals surface area (Å²) < 4.78 is 6.53. The molecule has 1 N–H and O–H groups in total. The van der Waals surface area contributed by atoms with Crippen LogP contribution in [-0.4, -0.2) is 25.7 Å². The van der Waals surface area contributed by atoms with Crippen molar-refractivity contribution < 1.29 is 9.53 Å². The molecule has 0 spiro atoms. The summed E-state index contributed by atoms with van der Waals surface area (Å²) in [5.74, 6) is 0.161. The fourth-order valence-corrected chi connectivity index (χ4v) is 2.85. The Hall–Kier alpha value is -0.870. The number of hydrogen-bond acceptors (Lipinski definition) is 2. The summed E-state index contributed by atoms with van der Waals surface area (Å²) >= 11 is 3.48. The first kappa shape index (κ1) is 16.5. The van der Waals surface area contributed by atoms with Crippen molar-refractivity contribution >= 4 is 21.8 Å². The fraction of sp³-hybridized carbons (Fsp3) is 0.588. The number of carbonyl (C=O) groups is 1. The molecule has 1 saturated carbocycles. The Kier molecular flexibility index (Phi) is 6.24. The van der Waals surface area contributed by atoms with Crippen LogP contribution in [0, 0.1) is 0 Å². The van der Waals surface area contributed by atoms with Crippen LogP contribution in [0.15, 0.2) is 28.7 Å². The van der Waals surface area contributed by atoms with E-state index in [-0.39, 0.29) is 11.3 Å². The highest BCUT2D eigenvalue weighted by atomic mass is 79.9. The Bertz CT molecular complexity index is 472. The van der Waals surface area contributed by atoms with Crippen molar-refractivity contribution in [2.24, 2.45) is 0 Å². The zero-order chi connectivity index (χ0) is 15.1. The van der Waals surface area contributed by atoms with E-state index >= 15 is 0 Å². The number of rotatable bonds is 9. The van der Waals surface area contributed by atoms with Crippen LogP contribution < -0.4 is 5.32 Å². The lowest BCUT2D eigenvalue weighted by Crippen LogP contribution is -2.35. The smallest absolute Gasteiger partial charge is 0.230 e. The van der Waals surface area contributed by atoms with Crippen molar-refractivity contribution in [1.29, 1.82) is 0 Å². The predicted molar refractivity (Wildman–Crippen MR) is 88.4 cm³/mol. The van der Waals surface area contributed by atoms with Crippen molar-refractivity contribution in [2.45, 2.75) is 44.4 Å². The van der Waals surface area contributed by atoms with Gasteiger partial charge in [0.2, 0.25) is 5.91 Å². The van der Waals surface area contributed by atoms with Gasteiger partial charge in [0.1, 0.15) is 0 Å². The van der Waals surface area contributed by atoms with E-state index in [0.717, 1.165) is 55.4 Å². The number of amides is 1. The standard InChI is InChI=1S/C17H24BrNO2/c1-2-3-11-21-12-5-10-19-16(20)17(8-9-17)14-6-4-7-15(18)13-14/h4,6-7,13H,2-3,5,8-12H2,1H3,(H,19,20). The van der Waals surface area contributed by atoms with Crippen molar-refractivity contribution in [1.82, 2.24) is 5.32 Å². The van der Waals surface area contributed by atoms with E-state index in [1.54, 1.807) is 0 Å². The maximum absolute atomic E-state index is 12.4. The molecule has 3 nitrogen and oxygen atoms in total. The first-order valence-corrected chi connectivity index (χ1v) is 8.60. The molecule has 0 unspecified atom stereocenters. The van der Waals surface area contributed by atoms with Gasteiger partial charge in [0.25, 0.3) is 0 Å². The van der Waals surface area contributed by atoms with E-state index in [4.69, 9.17) is 4.74 Å². The molecule has 1 amide bonds. The molecule has 116 valence electrons. The summed E-state index contributed by atoms with van der Waals surface area (Å²) in [5.41, 5.74) is 0.834. The lowest BCUT2D eigenvalue weighted by atomic mass is 9.95. The molecular formula is C17H24BrNO2. The van der Waals surface area contributed by atoms with Gasteiger partial charge < -0.3 is 10.1 Å². The van der Waals surface area contributed by atoms with Gasteiger partial charge in [0.15, 0.2) is 0 Å². The van der Waals surface area contributed by atoms with Crippen LogP contribution in [0.25, 0.3) is 0 Å². The number of nitrogens with one attached hydrogen (secondary N) is 1. The van der Waals surface area contributed by atoms with E-state index in [9.17, 15) is 4.79 Å². The number of benzene rings is 1. The maximum Gasteiger partial charge on any atom is 0.230 e. The number of hydrogen-bond donors (Lipinski definition) is 1. The first-order valence-electron chi connectivity index (χ1n) is 7.81. The first-order chi connectivity index (χ1) is 10.2. The average Bonchev–Trinajstić information content (AvgIpc) is 3.28. The van der Waals surface area contributed by atoms with Crippen molar-refractivity contribution in [2.75, 3.05) is 19.8 Å². The third kappa shape index (κ3) is 4.55. The fourth-order valence-electron chi connectivity index (χ4n) is 2.45. The lowest BCUT2D eigenvalue weighted by molar-refractivity contribution is -0.123. The molecule has 0 radical (unpaired) electrons. The minimum atomic E-state index is -0.285. The average molecular weight is 354 g/mol. The minimum Gasteiger partial charge on any atom is -0.381 e. The van der Waals surface area contributed by atoms with Crippen LogP contribution in [0.2, 0.25) is 0 Å². The van der Waals surface area contributed by atoms with Gasteiger partial charge in [-0.1, -0.05) is 41.4 Å². The molecule has 0 atom stereocenters. The summed E-state index contributed by atoms with van der Waals surface area (Å²) in [4.78, 5) is 12.4. The third-order valence-electron chi connectivity index (χ3n) is 3.96. The second kappa shape index (κ2) is 7.95. The zero-order valence-corrected chi connectivity index (χ0v) is 14.2. The molecule has 1 aromatic carbocycles. The highest BCUT2D eigenvalue weighted by molar-refractivity contribution is 9.10. The summed E-state index contributed by atoms with van der Waals surface area (Å²) in [6, 6.07) is 8.09. The van der Waals surface area contributed by atoms with Crippen LogP contribution in [0.1, 0.15) is 44.6 Å². The Balaban J connectivity index is 1.73. The monoisotopic (exact) mass is 353 g/mol. The number of carbonyl (C=O) groups excluding carboxylic acids is 1. The van der Waals surface area contributed by atoms with Crippen LogP contribution in [0.5, 0.6) is 0 Å². The van der Waals surface area contributed by atoms with Gasteiger partial charge >= 0.3 is 0 Å². The van der Waals surface area contributed by atoms with E-state index in [0.29, 0.717) is 6.54 Å². The molecule has 1 aromatic rings. The molecule has 0 bridgehead atoms. The molecule has 1 fully saturated rings. The van der Waals surface area contributed by atoms with Crippen LogP contribution in [0.4, 0.5) is 0 Å². The van der Waals surface area contributed by atoms with Gasteiger partial charge in [0.05, 0.1) is 5.41 Å². The normalized spacial score (nSPS) is 15.7. The second-order valence-corrected chi connectivity index (χ2v) is 6.58. The molecule has 2 rings (SSSR count). The highest BCUT2D eigenvalue weighted by Gasteiger charge is 2.51. The second-order valence-electron chi connectivity index (χ2n) is 5.67. The summed E-state index contributed by atoms with van der Waals surface area (Å²) in [5, 5.41) is 3.06. The van der Waals surface area contributed by atoms with Gasteiger partial charge in [-0.05, 0) is 43.4 Å². The molecule has 0 saturated heterocycles.